The van der Waals surface area contributed by atoms with Crippen LogP contribution < -0.4 is 10.1 Å². The van der Waals surface area contributed by atoms with Crippen LogP contribution in [0.1, 0.15) is 5.56 Å². The average Bonchev–Trinajstić information content (AvgIpc) is 2.56. The van der Waals surface area contributed by atoms with Crippen LogP contribution in [0.3, 0.4) is 0 Å². The zero-order chi connectivity index (χ0) is 15.2. The molecule has 3 aromatic rings. The van der Waals surface area contributed by atoms with Crippen LogP contribution in [0.4, 0.5) is 5.69 Å². The molecule has 3 heteroatoms. The minimum atomic E-state index is 0.675. The van der Waals surface area contributed by atoms with E-state index < -0.39 is 0 Å². The highest BCUT2D eigenvalue weighted by Gasteiger charge is 2.04. The van der Waals surface area contributed by atoms with E-state index in [2.05, 4.69) is 5.32 Å². The number of benzene rings is 3. The van der Waals surface area contributed by atoms with Gasteiger partial charge in [0, 0.05) is 17.3 Å². The molecule has 0 atom stereocenters. The number of rotatable bonds is 5. The third-order valence-electron chi connectivity index (χ3n) is 3.26. The van der Waals surface area contributed by atoms with E-state index in [1.165, 1.54) is 0 Å². The zero-order valence-electron chi connectivity index (χ0n) is 12.0. The SMILES string of the molecule is Clc1cc(Oc2ccccc2)ccc1CNc1ccccc1. The Morgan fingerprint density at radius 2 is 1.45 bits per heavy atom. The first kappa shape index (κ1) is 14.5. The molecule has 0 aliphatic rings. The van der Waals surface area contributed by atoms with Crippen LogP contribution in [0.15, 0.2) is 78.9 Å². The Balaban J connectivity index is 1.67. The molecule has 1 N–H and O–H groups in total. The molecular weight excluding hydrogens is 294 g/mol. The molecule has 0 bridgehead atoms. The van der Waals surface area contributed by atoms with Crippen LogP contribution >= 0.6 is 11.6 Å². The number of halogens is 1. The third kappa shape index (κ3) is 3.80. The van der Waals surface area contributed by atoms with E-state index in [0.717, 1.165) is 22.7 Å². The molecular formula is C19H16ClNO. The lowest BCUT2D eigenvalue weighted by Gasteiger charge is -2.10. The predicted molar refractivity (Wildman–Crippen MR) is 91.7 cm³/mol. The molecule has 0 unspecified atom stereocenters. The molecule has 22 heavy (non-hydrogen) atoms. The van der Waals surface area contributed by atoms with Gasteiger partial charge in [-0.3, -0.25) is 0 Å². The summed E-state index contributed by atoms with van der Waals surface area (Å²) in [5, 5.41) is 4.04. The van der Waals surface area contributed by atoms with Crippen LogP contribution in [-0.4, -0.2) is 0 Å². The number of hydrogen-bond acceptors (Lipinski definition) is 2. The van der Waals surface area contributed by atoms with Crippen LogP contribution in [-0.2, 0) is 6.54 Å². The molecule has 0 fully saturated rings. The standard InChI is InChI=1S/C19H16ClNO/c20-19-13-18(22-17-9-5-2-6-10-17)12-11-15(19)14-21-16-7-3-1-4-8-16/h1-13,21H,14H2. The number of hydrogen-bond donors (Lipinski definition) is 1. The second-order valence-electron chi connectivity index (χ2n) is 4.89. The number of para-hydroxylation sites is 2. The Kier molecular flexibility index (Phi) is 4.62. The molecule has 0 heterocycles. The van der Waals surface area contributed by atoms with Gasteiger partial charge in [0.05, 0.1) is 0 Å². The Morgan fingerprint density at radius 1 is 0.773 bits per heavy atom. The van der Waals surface area contributed by atoms with Crippen molar-refractivity contribution >= 4 is 17.3 Å². The van der Waals surface area contributed by atoms with Crippen molar-refractivity contribution in [2.24, 2.45) is 0 Å². The van der Waals surface area contributed by atoms with Gasteiger partial charge in [-0.1, -0.05) is 54.1 Å². The van der Waals surface area contributed by atoms with E-state index in [0.29, 0.717) is 11.6 Å². The Morgan fingerprint density at radius 3 is 2.14 bits per heavy atom. The van der Waals surface area contributed by atoms with Crippen molar-refractivity contribution in [1.29, 1.82) is 0 Å². The van der Waals surface area contributed by atoms with Crippen LogP contribution in [0, 0.1) is 0 Å². The summed E-state index contributed by atoms with van der Waals surface area (Å²) in [5.74, 6) is 1.54. The first-order chi connectivity index (χ1) is 10.8. The molecule has 0 spiro atoms. The van der Waals surface area contributed by atoms with Crippen molar-refractivity contribution in [3.63, 3.8) is 0 Å². The molecule has 3 rings (SSSR count). The van der Waals surface area contributed by atoms with Crippen molar-refractivity contribution in [1.82, 2.24) is 0 Å². The van der Waals surface area contributed by atoms with Gasteiger partial charge in [0.2, 0.25) is 0 Å². The summed E-state index contributed by atoms with van der Waals surface area (Å²) in [5.41, 5.74) is 2.11. The summed E-state index contributed by atoms with van der Waals surface area (Å²) in [6.07, 6.45) is 0. The fourth-order valence-corrected chi connectivity index (χ4v) is 2.35. The highest BCUT2D eigenvalue weighted by atomic mass is 35.5. The maximum absolute atomic E-state index is 6.34. The molecule has 0 aliphatic carbocycles. The van der Waals surface area contributed by atoms with Crippen LogP contribution in [0.2, 0.25) is 5.02 Å². The minimum Gasteiger partial charge on any atom is -0.457 e. The maximum atomic E-state index is 6.34. The summed E-state index contributed by atoms with van der Waals surface area (Å²) in [4.78, 5) is 0. The Hall–Kier alpha value is -2.45. The summed E-state index contributed by atoms with van der Waals surface area (Å²) < 4.78 is 5.77. The van der Waals surface area contributed by atoms with Gasteiger partial charge in [-0.25, -0.2) is 0 Å². The zero-order valence-corrected chi connectivity index (χ0v) is 12.8. The third-order valence-corrected chi connectivity index (χ3v) is 3.61. The lowest BCUT2D eigenvalue weighted by Crippen LogP contribution is -1.99. The quantitative estimate of drug-likeness (QED) is 0.648. The predicted octanol–water partition coefficient (Wildman–Crippen LogP) is 5.74. The smallest absolute Gasteiger partial charge is 0.128 e. The van der Waals surface area contributed by atoms with Gasteiger partial charge in [0.15, 0.2) is 0 Å². The molecule has 0 aliphatic heterocycles. The Labute approximate surface area is 135 Å². The molecule has 2 nitrogen and oxygen atoms in total. The molecule has 0 aromatic heterocycles. The van der Waals surface area contributed by atoms with E-state index in [9.17, 15) is 0 Å². The second kappa shape index (κ2) is 7.01. The summed E-state index contributed by atoms with van der Waals surface area (Å²) >= 11 is 6.34. The Bertz CT molecular complexity index is 729. The van der Waals surface area contributed by atoms with Crippen molar-refractivity contribution in [3.8, 4) is 11.5 Å². The van der Waals surface area contributed by atoms with E-state index in [4.69, 9.17) is 16.3 Å². The van der Waals surface area contributed by atoms with Crippen molar-refractivity contribution < 1.29 is 4.74 Å². The normalized spacial score (nSPS) is 10.2. The molecule has 0 saturated heterocycles. The van der Waals surface area contributed by atoms with E-state index in [-0.39, 0.29) is 0 Å². The molecule has 0 radical (unpaired) electrons. The van der Waals surface area contributed by atoms with E-state index >= 15 is 0 Å². The average molecular weight is 310 g/mol. The number of nitrogens with one attached hydrogen (secondary N) is 1. The van der Waals surface area contributed by atoms with Gasteiger partial charge < -0.3 is 10.1 Å². The minimum absolute atomic E-state index is 0.675. The highest BCUT2D eigenvalue weighted by Crippen LogP contribution is 2.27. The topological polar surface area (TPSA) is 21.3 Å². The van der Waals surface area contributed by atoms with Crippen molar-refractivity contribution in [3.05, 3.63) is 89.4 Å². The molecule has 0 amide bonds. The monoisotopic (exact) mass is 309 g/mol. The molecule has 110 valence electrons. The largest absolute Gasteiger partial charge is 0.457 e. The summed E-state index contributed by atoms with van der Waals surface area (Å²) in [6.45, 7) is 0.675. The van der Waals surface area contributed by atoms with Gasteiger partial charge in [-0.2, -0.15) is 0 Å². The summed E-state index contributed by atoms with van der Waals surface area (Å²) in [6, 6.07) is 25.5. The van der Waals surface area contributed by atoms with Crippen molar-refractivity contribution in [2.75, 3.05) is 5.32 Å². The molecule has 0 saturated carbocycles. The van der Waals surface area contributed by atoms with Crippen molar-refractivity contribution in [2.45, 2.75) is 6.54 Å². The highest BCUT2D eigenvalue weighted by molar-refractivity contribution is 6.31. The lowest BCUT2D eigenvalue weighted by atomic mass is 10.2. The van der Waals surface area contributed by atoms with Gasteiger partial charge in [0.1, 0.15) is 11.5 Å². The number of ether oxygens (including phenoxy) is 1. The first-order valence-electron chi connectivity index (χ1n) is 7.11. The van der Waals surface area contributed by atoms with E-state index in [1.54, 1.807) is 0 Å². The maximum Gasteiger partial charge on any atom is 0.128 e. The van der Waals surface area contributed by atoms with E-state index in [1.807, 2.05) is 78.9 Å². The van der Waals surface area contributed by atoms with Crippen LogP contribution in [0.25, 0.3) is 0 Å². The van der Waals surface area contributed by atoms with Gasteiger partial charge in [-0.15, -0.1) is 0 Å². The van der Waals surface area contributed by atoms with Crippen LogP contribution in [0.5, 0.6) is 11.5 Å². The second-order valence-corrected chi connectivity index (χ2v) is 5.30. The number of anilines is 1. The first-order valence-corrected chi connectivity index (χ1v) is 7.49. The summed E-state index contributed by atoms with van der Waals surface area (Å²) in [7, 11) is 0. The fourth-order valence-electron chi connectivity index (χ4n) is 2.11. The van der Waals surface area contributed by atoms with Gasteiger partial charge in [-0.05, 0) is 42.0 Å². The fraction of sp³-hybridized carbons (Fsp3) is 0.0526. The van der Waals surface area contributed by atoms with Gasteiger partial charge >= 0.3 is 0 Å². The molecule has 3 aromatic carbocycles. The lowest BCUT2D eigenvalue weighted by molar-refractivity contribution is 0.482. The van der Waals surface area contributed by atoms with Gasteiger partial charge in [0.25, 0.3) is 0 Å².